The van der Waals surface area contributed by atoms with Crippen molar-refractivity contribution in [3.63, 3.8) is 0 Å². The van der Waals surface area contributed by atoms with E-state index in [0.717, 1.165) is 11.3 Å². The Morgan fingerprint density at radius 1 is 1.55 bits per heavy atom. The van der Waals surface area contributed by atoms with Crippen molar-refractivity contribution in [3.8, 4) is 6.07 Å². The number of halogens is 1. The molecule has 0 radical (unpaired) electrons. The Morgan fingerprint density at radius 3 is 2.86 bits per heavy atom. The van der Waals surface area contributed by atoms with Crippen LogP contribution in [0.1, 0.15) is 25.8 Å². The molecule has 5 nitrogen and oxygen atoms in total. The first kappa shape index (κ1) is 18.5. The number of nitrogens with zero attached hydrogens (tertiary/aromatic N) is 3. The maximum Gasteiger partial charge on any atom is 0.330 e. The molecule has 1 aromatic rings. The topological polar surface area (TPSA) is 75.3 Å². The second-order valence-electron chi connectivity index (χ2n) is 4.31. The van der Waals surface area contributed by atoms with Crippen LogP contribution in [0.5, 0.6) is 0 Å². The Bertz CT molecular complexity index is 555. The van der Waals surface area contributed by atoms with E-state index in [1.54, 1.807) is 12.3 Å². The van der Waals surface area contributed by atoms with E-state index < -0.39 is 11.9 Å². The fourth-order valence-electron chi connectivity index (χ4n) is 1.53. The van der Waals surface area contributed by atoms with Crippen molar-refractivity contribution in [1.82, 2.24) is 4.98 Å². The Kier molecular flexibility index (Phi) is 8.56. The molecule has 1 aromatic heterocycles. The number of rotatable bonds is 7. The molecule has 118 valence electrons. The third-order valence-electron chi connectivity index (χ3n) is 2.56. The maximum absolute atomic E-state index is 11.9. The first-order chi connectivity index (χ1) is 10.6. The normalized spacial score (nSPS) is 12.5. The fraction of sp³-hybridized carbons (Fsp3) is 0.467. The van der Waals surface area contributed by atoms with Crippen molar-refractivity contribution >= 4 is 34.4 Å². The van der Waals surface area contributed by atoms with Crippen molar-refractivity contribution in [2.75, 3.05) is 12.4 Å². The molecule has 1 atom stereocenters. The second kappa shape index (κ2) is 10.2. The molecule has 0 aliphatic rings. The van der Waals surface area contributed by atoms with Crippen LogP contribution in [0.3, 0.4) is 0 Å². The van der Waals surface area contributed by atoms with Crippen LogP contribution >= 0.6 is 23.4 Å². The molecule has 0 fully saturated rings. The zero-order valence-electron chi connectivity index (χ0n) is 12.6. The smallest absolute Gasteiger partial charge is 0.330 e. The highest BCUT2D eigenvalue weighted by Gasteiger charge is 2.25. The molecular formula is C15H18ClN3O2S. The quantitative estimate of drug-likeness (QED) is 0.329. The number of thioether (sulfide) groups is 1. The lowest BCUT2D eigenvalue weighted by Gasteiger charge is -2.11. The number of esters is 1. The van der Waals surface area contributed by atoms with Gasteiger partial charge in [-0.1, -0.05) is 31.5 Å². The van der Waals surface area contributed by atoms with E-state index in [9.17, 15) is 10.1 Å². The molecule has 0 aliphatic carbocycles. The van der Waals surface area contributed by atoms with Crippen molar-refractivity contribution in [2.45, 2.75) is 26.8 Å². The standard InChI is InChI=1S/C15H18ClN3O2S/c1-3-7-21-15(20)12(8-17)14(22-4-2)19-10-11-5-6-13(16)18-9-11/h5-6,9,12H,3-4,7,10H2,1-2H3/t12-/m0/s1. The van der Waals surface area contributed by atoms with Gasteiger partial charge >= 0.3 is 5.97 Å². The van der Waals surface area contributed by atoms with Crippen LogP contribution in [0.4, 0.5) is 0 Å². The van der Waals surface area contributed by atoms with Crippen LogP contribution in [0, 0.1) is 17.2 Å². The van der Waals surface area contributed by atoms with Gasteiger partial charge in [-0.05, 0) is 23.8 Å². The molecule has 7 heteroatoms. The minimum absolute atomic E-state index is 0.308. The summed E-state index contributed by atoms with van der Waals surface area (Å²) in [5.41, 5.74) is 0.859. The van der Waals surface area contributed by atoms with Crippen LogP contribution in [0.15, 0.2) is 23.3 Å². The van der Waals surface area contributed by atoms with Gasteiger partial charge < -0.3 is 4.74 Å². The van der Waals surface area contributed by atoms with Crippen LogP contribution in [0.2, 0.25) is 5.15 Å². The molecule has 0 bridgehead atoms. The number of hydrogen-bond donors (Lipinski definition) is 0. The zero-order valence-corrected chi connectivity index (χ0v) is 14.2. The summed E-state index contributed by atoms with van der Waals surface area (Å²) in [4.78, 5) is 20.3. The highest BCUT2D eigenvalue weighted by atomic mass is 35.5. The van der Waals surface area contributed by atoms with E-state index >= 15 is 0 Å². The second-order valence-corrected chi connectivity index (χ2v) is 5.98. The SMILES string of the molecule is CCCOC(=O)[C@@H](C#N)C(=NCc1ccc(Cl)nc1)SCC. The maximum atomic E-state index is 11.9. The van der Waals surface area contributed by atoms with Gasteiger partial charge in [0.05, 0.1) is 24.3 Å². The lowest BCUT2D eigenvalue weighted by molar-refractivity contribution is -0.144. The average molecular weight is 340 g/mol. The first-order valence-electron chi connectivity index (χ1n) is 6.96. The van der Waals surface area contributed by atoms with Gasteiger partial charge in [0, 0.05) is 6.20 Å². The summed E-state index contributed by atoms with van der Waals surface area (Å²) in [6.07, 6.45) is 2.34. The van der Waals surface area contributed by atoms with Gasteiger partial charge in [-0.3, -0.25) is 9.79 Å². The monoisotopic (exact) mass is 339 g/mol. The number of pyridine rings is 1. The van der Waals surface area contributed by atoms with Crippen molar-refractivity contribution in [2.24, 2.45) is 10.9 Å². The molecule has 22 heavy (non-hydrogen) atoms. The Morgan fingerprint density at radius 2 is 2.32 bits per heavy atom. The molecule has 0 N–H and O–H groups in total. The third-order valence-corrected chi connectivity index (χ3v) is 3.73. The Balaban J connectivity index is 2.85. The Labute approximate surface area is 139 Å². The molecule has 0 aromatic carbocycles. The van der Waals surface area contributed by atoms with Crippen molar-refractivity contribution in [3.05, 3.63) is 29.0 Å². The first-order valence-corrected chi connectivity index (χ1v) is 8.32. The molecule has 1 heterocycles. The molecule has 1 rings (SSSR count). The molecule has 0 saturated carbocycles. The molecule has 0 unspecified atom stereocenters. The fourth-order valence-corrected chi connectivity index (χ4v) is 2.41. The molecule has 0 amide bonds. The van der Waals surface area contributed by atoms with Crippen LogP contribution in [-0.4, -0.2) is 28.4 Å². The largest absolute Gasteiger partial charge is 0.464 e. The number of aliphatic imine (C=N–C) groups is 1. The Hall–Kier alpha value is -1.58. The minimum atomic E-state index is -0.975. The number of ether oxygens (including phenoxy) is 1. The number of carbonyl (C=O) groups excluding carboxylic acids is 1. The number of aromatic nitrogens is 1. The molecule has 0 saturated heterocycles. The van der Waals surface area contributed by atoms with Crippen molar-refractivity contribution < 1.29 is 9.53 Å². The molecule has 0 aliphatic heterocycles. The van der Waals surface area contributed by atoms with Gasteiger partial charge in [0.1, 0.15) is 5.15 Å². The summed E-state index contributed by atoms with van der Waals surface area (Å²) in [7, 11) is 0. The summed E-state index contributed by atoms with van der Waals surface area (Å²) < 4.78 is 5.05. The van der Waals surface area contributed by atoms with E-state index in [4.69, 9.17) is 16.3 Å². The highest BCUT2D eigenvalue weighted by molar-refractivity contribution is 8.14. The van der Waals surface area contributed by atoms with Crippen LogP contribution in [0.25, 0.3) is 0 Å². The summed E-state index contributed by atoms with van der Waals surface area (Å²) in [6, 6.07) is 5.46. The van der Waals surface area contributed by atoms with Crippen LogP contribution < -0.4 is 0 Å². The highest BCUT2D eigenvalue weighted by Crippen LogP contribution is 2.17. The molecular weight excluding hydrogens is 322 g/mol. The van der Waals surface area contributed by atoms with Gasteiger partial charge in [-0.2, -0.15) is 5.26 Å². The summed E-state index contributed by atoms with van der Waals surface area (Å²) in [5, 5.41) is 10.1. The summed E-state index contributed by atoms with van der Waals surface area (Å²) >= 11 is 7.11. The zero-order chi connectivity index (χ0) is 16.4. The van der Waals surface area contributed by atoms with Gasteiger partial charge in [0.15, 0.2) is 5.92 Å². The number of carbonyl (C=O) groups is 1. The summed E-state index contributed by atoms with van der Waals surface area (Å²) in [5.74, 6) is -0.799. The van der Waals surface area contributed by atoms with Gasteiger partial charge in [-0.15, -0.1) is 11.8 Å². The van der Waals surface area contributed by atoms with E-state index in [-0.39, 0.29) is 0 Å². The minimum Gasteiger partial charge on any atom is -0.464 e. The van der Waals surface area contributed by atoms with Gasteiger partial charge in [0.2, 0.25) is 0 Å². The van der Waals surface area contributed by atoms with E-state index in [1.165, 1.54) is 11.8 Å². The average Bonchev–Trinajstić information content (AvgIpc) is 2.52. The number of nitriles is 1. The predicted octanol–water partition coefficient (Wildman–Crippen LogP) is 3.48. The van der Waals surface area contributed by atoms with Crippen LogP contribution in [-0.2, 0) is 16.1 Å². The van der Waals surface area contributed by atoms with E-state index in [2.05, 4.69) is 9.98 Å². The van der Waals surface area contributed by atoms with E-state index in [1.807, 2.05) is 26.0 Å². The van der Waals surface area contributed by atoms with Gasteiger partial charge in [0.25, 0.3) is 0 Å². The lowest BCUT2D eigenvalue weighted by Crippen LogP contribution is -2.23. The molecule has 0 spiro atoms. The lowest BCUT2D eigenvalue weighted by atomic mass is 10.2. The van der Waals surface area contributed by atoms with Crippen molar-refractivity contribution in [1.29, 1.82) is 5.26 Å². The third kappa shape index (κ3) is 6.04. The van der Waals surface area contributed by atoms with Gasteiger partial charge in [-0.25, -0.2) is 4.98 Å². The number of hydrogen-bond acceptors (Lipinski definition) is 6. The van der Waals surface area contributed by atoms with E-state index in [0.29, 0.717) is 29.8 Å². The summed E-state index contributed by atoms with van der Waals surface area (Å²) in [6.45, 7) is 4.49. The predicted molar refractivity (Wildman–Crippen MR) is 88.9 cm³/mol.